The van der Waals surface area contributed by atoms with Crippen LogP contribution in [0.2, 0.25) is 0 Å². The van der Waals surface area contributed by atoms with Crippen LogP contribution in [0.1, 0.15) is 35.1 Å². The number of hydrogen-bond acceptors (Lipinski definition) is 6. The van der Waals surface area contributed by atoms with Gasteiger partial charge in [0.15, 0.2) is 12.0 Å². The number of rotatable bonds is 4. The second-order valence-electron chi connectivity index (χ2n) is 4.67. The van der Waals surface area contributed by atoms with Gasteiger partial charge >= 0.3 is 0 Å². The fraction of sp³-hybridized carbons (Fsp3) is 0.308. The summed E-state index contributed by atoms with van der Waals surface area (Å²) in [6, 6.07) is 6.03. The third-order valence-corrected chi connectivity index (χ3v) is 3.36. The summed E-state index contributed by atoms with van der Waals surface area (Å²) in [5.74, 6) is 0. The molecule has 1 aromatic heterocycles. The fourth-order valence-electron chi connectivity index (χ4n) is 2.41. The van der Waals surface area contributed by atoms with Gasteiger partial charge in [-0.15, -0.1) is 5.10 Å². The monoisotopic (exact) mass is 288 g/mol. The van der Waals surface area contributed by atoms with Gasteiger partial charge in [-0.25, -0.2) is 4.68 Å². The maximum Gasteiger partial charge on any atom is 0.271 e. The summed E-state index contributed by atoms with van der Waals surface area (Å²) in [5.41, 5.74) is 1.18. The number of aldehydes is 1. The average molecular weight is 288 g/mol. The van der Waals surface area contributed by atoms with Gasteiger partial charge in [0.05, 0.1) is 10.6 Å². The number of ether oxygens (including phenoxy) is 1. The molecule has 0 radical (unpaired) electrons. The number of hydrogen-bond donors (Lipinski definition) is 0. The summed E-state index contributed by atoms with van der Waals surface area (Å²) in [6.45, 7) is 0.614. The molecule has 1 aliphatic heterocycles. The molecule has 1 saturated heterocycles. The molecule has 3 rings (SSSR count). The Morgan fingerprint density at radius 1 is 1.48 bits per heavy atom. The number of non-ortho nitro benzene ring substituents is 1. The minimum absolute atomic E-state index is 0.0473. The zero-order valence-electron chi connectivity index (χ0n) is 11.0. The first kappa shape index (κ1) is 13.4. The van der Waals surface area contributed by atoms with Crippen molar-refractivity contribution in [2.24, 2.45) is 0 Å². The molecule has 108 valence electrons. The van der Waals surface area contributed by atoms with E-state index in [0.29, 0.717) is 24.3 Å². The second kappa shape index (κ2) is 5.41. The highest BCUT2D eigenvalue weighted by Crippen LogP contribution is 2.31. The molecule has 0 saturated carbocycles. The SMILES string of the molecule is O=Cc1nnn(-c2cccc([N+](=O)[O-])c2)c1C1CCCO1. The smallest absolute Gasteiger partial charge is 0.271 e. The lowest BCUT2D eigenvalue weighted by Crippen LogP contribution is -2.09. The molecule has 8 nitrogen and oxygen atoms in total. The lowest BCUT2D eigenvalue weighted by Gasteiger charge is -2.12. The van der Waals surface area contributed by atoms with Crippen molar-refractivity contribution in [3.05, 3.63) is 45.8 Å². The molecule has 1 fully saturated rings. The molecule has 0 aliphatic carbocycles. The Labute approximate surface area is 119 Å². The third kappa shape index (κ3) is 2.40. The summed E-state index contributed by atoms with van der Waals surface area (Å²) >= 11 is 0. The Morgan fingerprint density at radius 2 is 2.33 bits per heavy atom. The van der Waals surface area contributed by atoms with Gasteiger partial charge in [-0.2, -0.15) is 0 Å². The van der Waals surface area contributed by atoms with Crippen LogP contribution < -0.4 is 0 Å². The van der Waals surface area contributed by atoms with E-state index in [9.17, 15) is 14.9 Å². The van der Waals surface area contributed by atoms with Crippen LogP contribution in [0.5, 0.6) is 0 Å². The molecule has 1 aliphatic rings. The van der Waals surface area contributed by atoms with Crippen LogP contribution in [0.15, 0.2) is 24.3 Å². The van der Waals surface area contributed by atoms with Crippen molar-refractivity contribution in [3.63, 3.8) is 0 Å². The van der Waals surface area contributed by atoms with E-state index in [4.69, 9.17) is 4.74 Å². The molecule has 0 amide bonds. The number of nitrogens with zero attached hydrogens (tertiary/aromatic N) is 4. The molecule has 0 spiro atoms. The summed E-state index contributed by atoms with van der Waals surface area (Å²) in [6.07, 6.45) is 2.02. The van der Waals surface area contributed by atoms with Crippen molar-refractivity contribution in [1.29, 1.82) is 0 Å². The van der Waals surface area contributed by atoms with Crippen LogP contribution in [-0.4, -0.2) is 32.8 Å². The Hall–Kier alpha value is -2.61. The van der Waals surface area contributed by atoms with Crippen LogP contribution in [0.4, 0.5) is 5.69 Å². The van der Waals surface area contributed by atoms with Crippen molar-refractivity contribution >= 4 is 12.0 Å². The minimum Gasteiger partial charge on any atom is -0.372 e. The molecule has 1 aromatic carbocycles. The molecule has 0 N–H and O–H groups in total. The lowest BCUT2D eigenvalue weighted by molar-refractivity contribution is -0.384. The average Bonchev–Trinajstić information content (AvgIpc) is 3.15. The number of benzene rings is 1. The highest BCUT2D eigenvalue weighted by atomic mass is 16.6. The van der Waals surface area contributed by atoms with E-state index in [1.165, 1.54) is 16.8 Å². The highest BCUT2D eigenvalue weighted by molar-refractivity contribution is 5.74. The molecule has 0 bridgehead atoms. The normalized spacial score (nSPS) is 17.8. The van der Waals surface area contributed by atoms with E-state index in [-0.39, 0.29) is 17.5 Å². The minimum atomic E-state index is -0.479. The summed E-state index contributed by atoms with van der Waals surface area (Å²) in [7, 11) is 0. The van der Waals surface area contributed by atoms with Gasteiger partial charge in [-0.1, -0.05) is 11.3 Å². The van der Waals surface area contributed by atoms with Crippen LogP contribution in [-0.2, 0) is 4.74 Å². The van der Waals surface area contributed by atoms with Gasteiger partial charge in [-0.05, 0) is 18.9 Å². The van der Waals surface area contributed by atoms with Gasteiger partial charge in [-0.3, -0.25) is 14.9 Å². The van der Waals surface area contributed by atoms with Crippen molar-refractivity contribution in [2.45, 2.75) is 18.9 Å². The molecule has 1 atom stereocenters. The van der Waals surface area contributed by atoms with Crippen molar-refractivity contribution < 1.29 is 14.5 Å². The zero-order valence-corrected chi connectivity index (χ0v) is 11.0. The predicted octanol–water partition coefficient (Wildman–Crippen LogP) is 1.84. The first-order valence-electron chi connectivity index (χ1n) is 6.48. The van der Waals surface area contributed by atoms with Crippen LogP contribution >= 0.6 is 0 Å². The number of aromatic nitrogens is 3. The van der Waals surface area contributed by atoms with Crippen LogP contribution in [0.25, 0.3) is 5.69 Å². The van der Waals surface area contributed by atoms with Crippen LogP contribution in [0, 0.1) is 10.1 Å². The molecule has 1 unspecified atom stereocenters. The summed E-state index contributed by atoms with van der Waals surface area (Å²) in [5, 5.41) is 18.6. The van der Waals surface area contributed by atoms with E-state index < -0.39 is 4.92 Å². The van der Waals surface area contributed by atoms with Crippen LogP contribution in [0.3, 0.4) is 0 Å². The summed E-state index contributed by atoms with van der Waals surface area (Å²) in [4.78, 5) is 21.5. The lowest BCUT2D eigenvalue weighted by atomic mass is 10.1. The van der Waals surface area contributed by atoms with E-state index >= 15 is 0 Å². The topological polar surface area (TPSA) is 100 Å². The Bertz CT molecular complexity index is 691. The second-order valence-corrected chi connectivity index (χ2v) is 4.67. The Balaban J connectivity index is 2.09. The maximum atomic E-state index is 11.1. The van der Waals surface area contributed by atoms with Gasteiger partial charge in [0.2, 0.25) is 0 Å². The maximum absolute atomic E-state index is 11.1. The number of carbonyl (C=O) groups is 1. The van der Waals surface area contributed by atoms with Gasteiger partial charge < -0.3 is 4.74 Å². The molecule has 2 aromatic rings. The first-order chi connectivity index (χ1) is 10.2. The standard InChI is InChI=1S/C13H12N4O4/c18-8-11-13(12-5-2-6-21-12)16(15-14-11)9-3-1-4-10(7-9)17(19)20/h1,3-4,7-8,12H,2,5-6H2. The molecule has 8 heteroatoms. The quantitative estimate of drug-likeness (QED) is 0.483. The number of carbonyl (C=O) groups excluding carboxylic acids is 1. The van der Waals surface area contributed by atoms with E-state index in [2.05, 4.69) is 10.3 Å². The fourth-order valence-corrected chi connectivity index (χ4v) is 2.41. The molecule has 21 heavy (non-hydrogen) atoms. The van der Waals surface area contributed by atoms with Gasteiger partial charge in [0.1, 0.15) is 11.8 Å². The first-order valence-corrected chi connectivity index (χ1v) is 6.48. The summed E-state index contributed by atoms with van der Waals surface area (Å²) < 4.78 is 7.02. The number of nitro groups is 1. The van der Waals surface area contributed by atoms with Crippen molar-refractivity contribution in [3.8, 4) is 5.69 Å². The number of nitro benzene ring substituents is 1. The Morgan fingerprint density at radius 3 is 3.00 bits per heavy atom. The molecular formula is C13H12N4O4. The predicted molar refractivity (Wildman–Crippen MR) is 71.3 cm³/mol. The Kier molecular flexibility index (Phi) is 3.44. The largest absolute Gasteiger partial charge is 0.372 e. The van der Waals surface area contributed by atoms with E-state index in [0.717, 1.165) is 12.8 Å². The van der Waals surface area contributed by atoms with Gasteiger partial charge in [0, 0.05) is 18.7 Å². The van der Waals surface area contributed by atoms with E-state index in [1.54, 1.807) is 12.1 Å². The third-order valence-electron chi connectivity index (χ3n) is 3.36. The molecule has 2 heterocycles. The van der Waals surface area contributed by atoms with Crippen molar-refractivity contribution in [1.82, 2.24) is 15.0 Å². The van der Waals surface area contributed by atoms with Crippen molar-refractivity contribution in [2.75, 3.05) is 6.61 Å². The van der Waals surface area contributed by atoms with Gasteiger partial charge in [0.25, 0.3) is 5.69 Å². The zero-order chi connectivity index (χ0) is 14.8. The highest BCUT2D eigenvalue weighted by Gasteiger charge is 2.27. The molecular weight excluding hydrogens is 276 g/mol. The van der Waals surface area contributed by atoms with E-state index in [1.807, 2.05) is 0 Å².